The predicted molar refractivity (Wildman–Crippen MR) is 55.5 cm³/mol. The van der Waals surface area contributed by atoms with Gasteiger partial charge >= 0.3 is 0 Å². The Morgan fingerprint density at radius 1 is 1.29 bits per heavy atom. The number of fused-ring (bicyclic) bond motifs is 2. The van der Waals surface area contributed by atoms with E-state index in [1.165, 1.54) is 20.2 Å². The van der Waals surface area contributed by atoms with Crippen LogP contribution in [0.2, 0.25) is 0 Å². The van der Waals surface area contributed by atoms with E-state index in [2.05, 4.69) is 0 Å². The molecule has 2 heterocycles. The van der Waals surface area contributed by atoms with Crippen molar-refractivity contribution in [2.45, 2.75) is 0 Å². The van der Waals surface area contributed by atoms with E-state index in [-0.39, 0.29) is 29.9 Å². The van der Waals surface area contributed by atoms with Gasteiger partial charge in [0.15, 0.2) is 11.5 Å². The molecule has 0 saturated carbocycles. The van der Waals surface area contributed by atoms with Gasteiger partial charge < -0.3 is 14.2 Å². The maximum Gasteiger partial charge on any atom is 0.265 e. The van der Waals surface area contributed by atoms with Gasteiger partial charge in [-0.3, -0.25) is 14.5 Å². The molecule has 0 unspecified atom stereocenters. The molecule has 2 aliphatic rings. The van der Waals surface area contributed by atoms with Gasteiger partial charge in [0.2, 0.25) is 12.5 Å². The van der Waals surface area contributed by atoms with E-state index in [0.29, 0.717) is 17.1 Å². The highest BCUT2D eigenvalue weighted by atomic mass is 16.7. The van der Waals surface area contributed by atoms with Crippen molar-refractivity contribution in [3.63, 3.8) is 0 Å². The number of ether oxygens (including phenoxy) is 3. The fourth-order valence-electron chi connectivity index (χ4n) is 2.03. The Hall–Kier alpha value is -2.24. The zero-order chi connectivity index (χ0) is 12.2. The Kier molecular flexibility index (Phi) is 1.83. The summed E-state index contributed by atoms with van der Waals surface area (Å²) < 4.78 is 15.6. The number of carbonyl (C=O) groups is 2. The van der Waals surface area contributed by atoms with E-state index in [9.17, 15) is 9.59 Å². The molecule has 2 amide bonds. The maximum absolute atomic E-state index is 11.9. The Balaban J connectivity index is 2.33. The van der Waals surface area contributed by atoms with Crippen LogP contribution in [0.15, 0.2) is 6.07 Å². The lowest BCUT2D eigenvalue weighted by molar-refractivity contribution is 0.0691. The van der Waals surface area contributed by atoms with Crippen molar-refractivity contribution in [3.05, 3.63) is 17.2 Å². The zero-order valence-electron chi connectivity index (χ0n) is 9.27. The third-order valence-electron chi connectivity index (χ3n) is 2.88. The van der Waals surface area contributed by atoms with E-state index in [0.717, 1.165) is 4.90 Å². The summed E-state index contributed by atoms with van der Waals surface area (Å²) in [4.78, 5) is 24.8. The van der Waals surface area contributed by atoms with Crippen LogP contribution in [0, 0.1) is 0 Å². The molecule has 0 spiro atoms. The molecule has 1 aromatic carbocycles. The van der Waals surface area contributed by atoms with E-state index in [4.69, 9.17) is 14.2 Å². The summed E-state index contributed by atoms with van der Waals surface area (Å²) in [5, 5.41) is 0. The number of imide groups is 1. The van der Waals surface area contributed by atoms with Gasteiger partial charge in [-0.2, -0.15) is 0 Å². The van der Waals surface area contributed by atoms with Crippen molar-refractivity contribution >= 4 is 11.8 Å². The van der Waals surface area contributed by atoms with Gasteiger partial charge in [0.05, 0.1) is 18.2 Å². The van der Waals surface area contributed by atoms with E-state index >= 15 is 0 Å². The molecule has 0 bridgehead atoms. The standard InChI is InChI=1S/C11H9NO5/c1-12-10(13)5-3-6-8(17-4-16-6)9(15-2)7(5)11(12)14/h3H,4H2,1-2H3. The topological polar surface area (TPSA) is 65.1 Å². The van der Waals surface area contributed by atoms with Crippen molar-refractivity contribution in [3.8, 4) is 17.2 Å². The van der Waals surface area contributed by atoms with Crippen LogP contribution in [0.3, 0.4) is 0 Å². The van der Waals surface area contributed by atoms with Gasteiger partial charge in [-0.1, -0.05) is 0 Å². The molecule has 6 nitrogen and oxygen atoms in total. The summed E-state index contributed by atoms with van der Waals surface area (Å²) in [7, 11) is 2.85. The second-order valence-electron chi connectivity index (χ2n) is 3.74. The normalized spacial score (nSPS) is 16.5. The quantitative estimate of drug-likeness (QED) is 0.668. The predicted octanol–water partition coefficient (Wildman–Crippen LogP) is 0.650. The number of rotatable bonds is 1. The number of hydrogen-bond donors (Lipinski definition) is 0. The number of nitrogens with zero attached hydrogens (tertiary/aromatic N) is 1. The second-order valence-corrected chi connectivity index (χ2v) is 3.74. The molecule has 0 radical (unpaired) electrons. The molecule has 0 aromatic heterocycles. The fourth-order valence-corrected chi connectivity index (χ4v) is 2.03. The van der Waals surface area contributed by atoms with Gasteiger partial charge in [-0.05, 0) is 6.07 Å². The highest BCUT2D eigenvalue weighted by Crippen LogP contribution is 2.47. The first-order valence-electron chi connectivity index (χ1n) is 4.98. The number of benzene rings is 1. The Morgan fingerprint density at radius 2 is 2.06 bits per heavy atom. The SMILES string of the molecule is COc1c2c(cc3c1C(=O)N(C)C3=O)OCO2. The van der Waals surface area contributed by atoms with Crippen LogP contribution in [0.25, 0.3) is 0 Å². The summed E-state index contributed by atoms with van der Waals surface area (Å²) in [6, 6.07) is 1.52. The monoisotopic (exact) mass is 235 g/mol. The molecule has 0 aliphatic carbocycles. The third kappa shape index (κ3) is 1.09. The Bertz CT molecular complexity index is 551. The van der Waals surface area contributed by atoms with Gasteiger partial charge in [-0.25, -0.2) is 0 Å². The Labute approximate surface area is 96.7 Å². The maximum atomic E-state index is 11.9. The van der Waals surface area contributed by atoms with Gasteiger partial charge in [-0.15, -0.1) is 0 Å². The number of carbonyl (C=O) groups excluding carboxylic acids is 2. The molecule has 0 atom stereocenters. The Morgan fingerprint density at radius 3 is 2.76 bits per heavy atom. The summed E-state index contributed by atoms with van der Waals surface area (Å²) in [5.74, 6) is 0.319. The second kappa shape index (κ2) is 3.13. The lowest BCUT2D eigenvalue weighted by Gasteiger charge is -2.08. The largest absolute Gasteiger partial charge is 0.492 e. The highest BCUT2D eigenvalue weighted by Gasteiger charge is 2.40. The molecule has 2 aliphatic heterocycles. The van der Waals surface area contributed by atoms with Crippen molar-refractivity contribution in [2.24, 2.45) is 0 Å². The van der Waals surface area contributed by atoms with E-state index in [1.807, 2.05) is 0 Å². The lowest BCUT2D eigenvalue weighted by Crippen LogP contribution is -2.24. The average Bonchev–Trinajstić information content (AvgIpc) is 2.88. The lowest BCUT2D eigenvalue weighted by atomic mass is 10.1. The van der Waals surface area contributed by atoms with E-state index < -0.39 is 0 Å². The van der Waals surface area contributed by atoms with Crippen molar-refractivity contribution in [1.29, 1.82) is 0 Å². The summed E-state index contributed by atoms with van der Waals surface area (Å²) in [6.07, 6.45) is 0. The van der Waals surface area contributed by atoms with Crippen LogP contribution in [0.4, 0.5) is 0 Å². The number of amides is 2. The van der Waals surface area contributed by atoms with Crippen LogP contribution >= 0.6 is 0 Å². The highest BCUT2D eigenvalue weighted by molar-refractivity contribution is 6.23. The van der Waals surface area contributed by atoms with Crippen molar-refractivity contribution in [1.82, 2.24) is 4.90 Å². The first-order valence-corrected chi connectivity index (χ1v) is 4.98. The molecule has 0 fully saturated rings. The number of hydrogen-bond acceptors (Lipinski definition) is 5. The van der Waals surface area contributed by atoms with Crippen LogP contribution in [0.5, 0.6) is 17.2 Å². The summed E-state index contributed by atoms with van der Waals surface area (Å²) >= 11 is 0. The molecule has 0 N–H and O–H groups in total. The van der Waals surface area contributed by atoms with E-state index in [1.54, 1.807) is 0 Å². The molecule has 1 aromatic rings. The van der Waals surface area contributed by atoms with Gasteiger partial charge in [0, 0.05) is 7.05 Å². The van der Waals surface area contributed by atoms with Crippen LogP contribution in [-0.4, -0.2) is 37.7 Å². The smallest absolute Gasteiger partial charge is 0.265 e. The molecule has 0 saturated heterocycles. The van der Waals surface area contributed by atoms with Crippen LogP contribution in [-0.2, 0) is 0 Å². The molecule has 6 heteroatoms. The summed E-state index contributed by atoms with van der Waals surface area (Å²) in [6.45, 7) is 0.0623. The first kappa shape index (κ1) is 9.95. The molecular formula is C11H9NO5. The van der Waals surface area contributed by atoms with Gasteiger partial charge in [0.25, 0.3) is 11.8 Å². The fraction of sp³-hybridized carbons (Fsp3) is 0.273. The number of methoxy groups -OCH3 is 1. The molecule has 88 valence electrons. The molecule has 3 rings (SSSR count). The zero-order valence-corrected chi connectivity index (χ0v) is 9.27. The minimum absolute atomic E-state index is 0.0623. The minimum atomic E-state index is -0.389. The van der Waals surface area contributed by atoms with Crippen molar-refractivity contribution < 1.29 is 23.8 Å². The van der Waals surface area contributed by atoms with Crippen molar-refractivity contribution in [2.75, 3.05) is 21.0 Å². The van der Waals surface area contributed by atoms with Crippen LogP contribution in [0.1, 0.15) is 20.7 Å². The molecule has 17 heavy (non-hydrogen) atoms. The first-order chi connectivity index (χ1) is 8.15. The third-order valence-corrected chi connectivity index (χ3v) is 2.88. The average molecular weight is 235 g/mol. The molecular weight excluding hydrogens is 226 g/mol. The van der Waals surface area contributed by atoms with Gasteiger partial charge in [0.1, 0.15) is 0 Å². The minimum Gasteiger partial charge on any atom is -0.492 e. The summed E-state index contributed by atoms with van der Waals surface area (Å²) in [5.41, 5.74) is 0.530. The van der Waals surface area contributed by atoms with Crippen LogP contribution < -0.4 is 14.2 Å².